The molecule has 4 aromatic rings. The Morgan fingerprint density at radius 2 is 2.07 bits per heavy atom. The van der Waals surface area contributed by atoms with E-state index in [2.05, 4.69) is 21.8 Å². The summed E-state index contributed by atoms with van der Waals surface area (Å²) in [6, 6.07) is 11.5. The zero-order valence-electron chi connectivity index (χ0n) is 14.7. The van der Waals surface area contributed by atoms with Crippen LogP contribution in [0.3, 0.4) is 0 Å². The lowest BCUT2D eigenvalue weighted by Gasteiger charge is -2.07. The molecule has 0 atom stereocenters. The van der Waals surface area contributed by atoms with Crippen molar-refractivity contribution in [2.75, 3.05) is 0 Å². The van der Waals surface area contributed by atoms with Crippen molar-refractivity contribution in [3.05, 3.63) is 76.2 Å². The third kappa shape index (κ3) is 3.45. The highest BCUT2D eigenvalue weighted by molar-refractivity contribution is 7.98. The SMILES string of the molecule is C=CCn1c(SCc2cc(=O)n3c(C)csc3n2)nnc1-c1ccccc1. The summed E-state index contributed by atoms with van der Waals surface area (Å²) in [6.45, 7) is 6.35. The number of nitrogens with zero attached hydrogens (tertiary/aromatic N) is 5. The second kappa shape index (κ2) is 7.50. The van der Waals surface area contributed by atoms with Gasteiger partial charge in [-0.15, -0.1) is 28.1 Å². The number of allylic oxidation sites excluding steroid dienone is 1. The van der Waals surface area contributed by atoms with Gasteiger partial charge in [-0.2, -0.15) is 0 Å². The van der Waals surface area contributed by atoms with E-state index in [4.69, 9.17) is 0 Å². The molecular weight excluding hydrogens is 378 g/mol. The first-order chi connectivity index (χ1) is 13.2. The molecule has 4 rings (SSSR count). The topological polar surface area (TPSA) is 65.1 Å². The molecule has 0 unspecified atom stereocenters. The van der Waals surface area contributed by atoms with Crippen molar-refractivity contribution < 1.29 is 0 Å². The fourth-order valence-corrected chi connectivity index (χ4v) is 4.53. The van der Waals surface area contributed by atoms with Gasteiger partial charge >= 0.3 is 0 Å². The molecule has 0 N–H and O–H groups in total. The Labute approximate surface area is 164 Å². The first-order valence-electron chi connectivity index (χ1n) is 8.36. The van der Waals surface area contributed by atoms with Gasteiger partial charge < -0.3 is 0 Å². The highest BCUT2D eigenvalue weighted by Crippen LogP contribution is 2.26. The second-order valence-corrected chi connectivity index (χ2v) is 7.72. The summed E-state index contributed by atoms with van der Waals surface area (Å²) in [5.74, 6) is 1.35. The van der Waals surface area contributed by atoms with Crippen molar-refractivity contribution in [3.63, 3.8) is 0 Å². The van der Waals surface area contributed by atoms with Gasteiger partial charge in [-0.25, -0.2) is 4.98 Å². The lowest BCUT2D eigenvalue weighted by atomic mass is 10.2. The smallest absolute Gasteiger partial charge is 0.258 e. The Morgan fingerprint density at radius 1 is 1.26 bits per heavy atom. The molecular formula is C19H17N5OS2. The predicted octanol–water partition coefficient (Wildman–Crippen LogP) is 3.80. The van der Waals surface area contributed by atoms with E-state index < -0.39 is 0 Å². The van der Waals surface area contributed by atoms with Crippen LogP contribution in [-0.4, -0.2) is 24.1 Å². The van der Waals surface area contributed by atoms with Gasteiger partial charge in [0.15, 0.2) is 15.9 Å². The predicted molar refractivity (Wildman–Crippen MR) is 109 cm³/mol. The summed E-state index contributed by atoms with van der Waals surface area (Å²) in [4.78, 5) is 17.6. The molecule has 27 heavy (non-hydrogen) atoms. The van der Waals surface area contributed by atoms with Gasteiger partial charge in [0.1, 0.15) is 0 Å². The molecule has 3 aromatic heterocycles. The zero-order valence-corrected chi connectivity index (χ0v) is 16.3. The lowest BCUT2D eigenvalue weighted by Crippen LogP contribution is -2.14. The molecule has 0 fully saturated rings. The average Bonchev–Trinajstić information content (AvgIpc) is 3.25. The molecule has 1 aromatic carbocycles. The number of thioether (sulfide) groups is 1. The minimum atomic E-state index is -0.0492. The molecule has 8 heteroatoms. The molecule has 0 aliphatic heterocycles. The normalized spacial score (nSPS) is 11.1. The Kier molecular flexibility index (Phi) is 4.91. The quantitative estimate of drug-likeness (QED) is 0.367. The Balaban J connectivity index is 1.62. The molecule has 0 amide bonds. The van der Waals surface area contributed by atoms with Gasteiger partial charge in [0.2, 0.25) is 0 Å². The van der Waals surface area contributed by atoms with E-state index in [-0.39, 0.29) is 5.56 Å². The fraction of sp³-hybridized carbons (Fsp3) is 0.158. The number of thiazole rings is 1. The maximum atomic E-state index is 12.3. The van der Waals surface area contributed by atoms with E-state index >= 15 is 0 Å². The summed E-state index contributed by atoms with van der Waals surface area (Å²) in [5.41, 5.74) is 2.60. The van der Waals surface area contributed by atoms with Crippen molar-refractivity contribution in [3.8, 4) is 11.4 Å². The number of fused-ring (bicyclic) bond motifs is 1. The van der Waals surface area contributed by atoms with Crippen LogP contribution >= 0.6 is 23.1 Å². The summed E-state index contributed by atoms with van der Waals surface area (Å²) in [7, 11) is 0. The fourth-order valence-electron chi connectivity index (χ4n) is 2.80. The Morgan fingerprint density at radius 3 is 2.85 bits per heavy atom. The number of benzene rings is 1. The van der Waals surface area contributed by atoms with Gasteiger partial charge in [-0.1, -0.05) is 48.2 Å². The average molecular weight is 396 g/mol. The largest absolute Gasteiger partial charge is 0.298 e. The Bertz CT molecular complexity index is 1160. The molecule has 136 valence electrons. The van der Waals surface area contributed by atoms with Crippen molar-refractivity contribution in [1.29, 1.82) is 0 Å². The molecule has 0 saturated carbocycles. The van der Waals surface area contributed by atoms with Crippen LogP contribution in [0.15, 0.2) is 64.4 Å². The molecule has 0 aliphatic rings. The maximum absolute atomic E-state index is 12.3. The molecule has 0 saturated heterocycles. The summed E-state index contributed by atoms with van der Waals surface area (Å²) in [5, 5.41) is 11.4. The zero-order chi connectivity index (χ0) is 18.8. The standard InChI is InChI=1S/C19H17N5OS2/c1-3-9-23-17(14-7-5-4-6-8-14)21-22-19(23)27-12-15-10-16(25)24-13(2)11-26-18(24)20-15/h3-8,10-11H,1,9,12H2,2H3. The minimum Gasteiger partial charge on any atom is -0.298 e. The van der Waals surface area contributed by atoms with E-state index in [1.165, 1.54) is 23.1 Å². The maximum Gasteiger partial charge on any atom is 0.258 e. The van der Waals surface area contributed by atoms with Gasteiger partial charge in [0.25, 0.3) is 5.56 Å². The van der Waals surface area contributed by atoms with Crippen LogP contribution in [0.4, 0.5) is 0 Å². The third-order valence-corrected chi connectivity index (χ3v) is 5.98. The van der Waals surface area contributed by atoms with Gasteiger partial charge in [-0.3, -0.25) is 13.8 Å². The van der Waals surface area contributed by atoms with Crippen LogP contribution in [-0.2, 0) is 12.3 Å². The van der Waals surface area contributed by atoms with Crippen LogP contribution in [0, 0.1) is 6.92 Å². The van der Waals surface area contributed by atoms with Gasteiger partial charge in [0.05, 0.1) is 5.69 Å². The van der Waals surface area contributed by atoms with E-state index in [0.717, 1.165) is 27.9 Å². The minimum absolute atomic E-state index is 0.0492. The van der Waals surface area contributed by atoms with Gasteiger partial charge in [0, 0.05) is 35.0 Å². The first-order valence-corrected chi connectivity index (χ1v) is 10.2. The number of aryl methyl sites for hydroxylation is 1. The highest BCUT2D eigenvalue weighted by atomic mass is 32.2. The number of hydrogen-bond donors (Lipinski definition) is 0. The van der Waals surface area contributed by atoms with Crippen LogP contribution in [0.2, 0.25) is 0 Å². The van der Waals surface area contributed by atoms with Crippen LogP contribution in [0.5, 0.6) is 0 Å². The molecule has 0 bridgehead atoms. The highest BCUT2D eigenvalue weighted by Gasteiger charge is 2.14. The third-order valence-electron chi connectivity index (χ3n) is 4.04. The summed E-state index contributed by atoms with van der Waals surface area (Å²) >= 11 is 2.99. The summed E-state index contributed by atoms with van der Waals surface area (Å²) in [6.07, 6.45) is 1.82. The van der Waals surface area contributed by atoms with Crippen molar-refractivity contribution in [1.82, 2.24) is 24.1 Å². The molecule has 6 nitrogen and oxygen atoms in total. The lowest BCUT2D eigenvalue weighted by molar-refractivity contribution is 0.731. The van der Waals surface area contributed by atoms with Crippen LogP contribution in [0.25, 0.3) is 16.3 Å². The number of aromatic nitrogens is 5. The van der Waals surface area contributed by atoms with E-state index in [9.17, 15) is 4.79 Å². The van der Waals surface area contributed by atoms with Crippen LogP contribution < -0.4 is 5.56 Å². The molecule has 3 heterocycles. The van der Waals surface area contributed by atoms with Crippen molar-refractivity contribution in [2.45, 2.75) is 24.4 Å². The molecule has 0 spiro atoms. The van der Waals surface area contributed by atoms with E-state index in [1.54, 1.807) is 10.5 Å². The monoisotopic (exact) mass is 395 g/mol. The van der Waals surface area contributed by atoms with Crippen molar-refractivity contribution >= 4 is 28.1 Å². The van der Waals surface area contributed by atoms with Crippen molar-refractivity contribution in [2.24, 2.45) is 0 Å². The number of hydrogen-bond acceptors (Lipinski definition) is 6. The summed E-state index contributed by atoms with van der Waals surface area (Å²) < 4.78 is 3.65. The number of rotatable bonds is 6. The van der Waals surface area contributed by atoms with E-state index in [0.29, 0.717) is 17.3 Å². The Hall–Kier alpha value is -2.71. The van der Waals surface area contributed by atoms with Gasteiger partial charge in [-0.05, 0) is 6.92 Å². The second-order valence-electron chi connectivity index (χ2n) is 5.94. The first kappa shape index (κ1) is 17.7. The molecule has 0 radical (unpaired) electrons. The van der Waals surface area contributed by atoms with Crippen LogP contribution in [0.1, 0.15) is 11.4 Å². The van der Waals surface area contributed by atoms with E-state index in [1.807, 2.05) is 53.3 Å². The molecule has 0 aliphatic carbocycles.